The van der Waals surface area contributed by atoms with Crippen LogP contribution in [0.4, 0.5) is 0 Å². The van der Waals surface area contributed by atoms with Crippen LogP contribution in [-0.4, -0.2) is 32.1 Å². The van der Waals surface area contributed by atoms with E-state index in [4.69, 9.17) is 4.55 Å². The fourth-order valence-electron chi connectivity index (χ4n) is 4.76. The summed E-state index contributed by atoms with van der Waals surface area (Å²) in [6.07, 6.45) is 5.27. The number of hydrogen-bond acceptors (Lipinski definition) is 6. The van der Waals surface area contributed by atoms with Crippen LogP contribution in [0.5, 0.6) is 0 Å². The lowest BCUT2D eigenvalue weighted by molar-refractivity contribution is 0.483. The largest absolute Gasteiger partial charge is 0.333 e. The van der Waals surface area contributed by atoms with Gasteiger partial charge >= 0.3 is 5.69 Å². The van der Waals surface area contributed by atoms with Gasteiger partial charge in [-0.3, -0.25) is 23.7 Å². The Balaban J connectivity index is 0.000000283. The van der Waals surface area contributed by atoms with Crippen LogP contribution in [0.25, 0.3) is 38.8 Å². The molecule has 6 rings (SSSR count). The molecule has 1 N–H and O–H groups in total. The van der Waals surface area contributed by atoms with Crippen LogP contribution in [0, 0.1) is 18.3 Å². The monoisotopic (exact) mass is 591 g/mol. The number of aryl methyl sites for hydroxylation is 2. The van der Waals surface area contributed by atoms with E-state index < -0.39 is 15.5 Å². The van der Waals surface area contributed by atoms with Crippen LogP contribution in [0.15, 0.2) is 107 Å². The molecule has 0 aliphatic carbocycles. The maximum Gasteiger partial charge on any atom is 0.333 e. The number of fused-ring (bicyclic) bond motifs is 3. The maximum absolute atomic E-state index is 13.3. The molecule has 9 nitrogen and oxygen atoms in total. The van der Waals surface area contributed by atoms with Crippen LogP contribution in [0.1, 0.15) is 25.0 Å². The normalized spacial score (nSPS) is 11.6. The van der Waals surface area contributed by atoms with Gasteiger partial charge in [-0.15, -0.1) is 0 Å². The van der Waals surface area contributed by atoms with Crippen molar-refractivity contribution in [3.05, 3.63) is 119 Å². The fraction of sp³-hybridized carbons (Fsp3) is 0.152. The van der Waals surface area contributed by atoms with Crippen LogP contribution in [0.2, 0.25) is 0 Å². The molecule has 0 fully saturated rings. The molecule has 0 amide bonds. The molecule has 0 aliphatic heterocycles. The third-order valence-electron chi connectivity index (χ3n) is 7.34. The van der Waals surface area contributed by atoms with Gasteiger partial charge in [0, 0.05) is 24.8 Å². The van der Waals surface area contributed by atoms with Gasteiger partial charge in [-0.2, -0.15) is 13.7 Å². The average molecular weight is 592 g/mol. The molecule has 0 saturated heterocycles. The topological polar surface area (TPSA) is 131 Å². The van der Waals surface area contributed by atoms with Gasteiger partial charge in [0.2, 0.25) is 0 Å². The summed E-state index contributed by atoms with van der Waals surface area (Å²) in [5, 5.41) is 10.3. The number of pyridine rings is 2. The molecule has 0 aliphatic rings. The Hall–Kier alpha value is -5.11. The van der Waals surface area contributed by atoms with E-state index in [2.05, 4.69) is 22.1 Å². The highest BCUT2D eigenvalue weighted by atomic mass is 32.2. The number of nitriles is 1. The summed E-state index contributed by atoms with van der Waals surface area (Å²) in [6.45, 7) is 5.60. The molecule has 3 aromatic heterocycles. The Kier molecular flexibility index (Phi) is 7.71. The fourth-order valence-corrected chi connectivity index (χ4v) is 5.24. The summed E-state index contributed by atoms with van der Waals surface area (Å²) in [5.41, 5.74) is 6.34. The van der Waals surface area contributed by atoms with E-state index in [1.807, 2.05) is 69.3 Å². The molecule has 3 heterocycles. The zero-order chi connectivity index (χ0) is 30.9. The molecule has 0 bridgehead atoms. The van der Waals surface area contributed by atoms with Gasteiger partial charge in [0.1, 0.15) is 0 Å². The Bertz CT molecular complexity index is 2160. The first-order valence-electron chi connectivity index (χ1n) is 13.4. The number of hydrogen-bond donors (Lipinski definition) is 1. The van der Waals surface area contributed by atoms with Gasteiger partial charge in [-0.25, -0.2) is 4.79 Å². The zero-order valence-corrected chi connectivity index (χ0v) is 24.9. The van der Waals surface area contributed by atoms with Crippen molar-refractivity contribution in [2.75, 3.05) is 0 Å². The van der Waals surface area contributed by atoms with Gasteiger partial charge in [0.05, 0.1) is 44.8 Å². The molecule has 0 radical (unpaired) electrons. The van der Waals surface area contributed by atoms with Gasteiger partial charge < -0.3 is 0 Å². The van der Waals surface area contributed by atoms with E-state index in [1.54, 1.807) is 46.9 Å². The molecule has 3 aromatic carbocycles. The SMILES string of the molecule is Cc1ccc(S(=O)(=O)O)cc1.Cn1c(=O)n(-c2ccc(C(C)(C)C#N)cc2)c2c3cc(-c4ccncc4)ccc3ncc21. The predicted molar refractivity (Wildman–Crippen MR) is 167 cm³/mol. The number of rotatable bonds is 4. The van der Waals surface area contributed by atoms with Gasteiger partial charge in [0.15, 0.2) is 0 Å². The first-order chi connectivity index (χ1) is 20.4. The quantitative estimate of drug-likeness (QED) is 0.250. The minimum absolute atomic E-state index is 0.0666. The molecule has 0 unspecified atom stereocenters. The van der Waals surface area contributed by atoms with Crippen LogP contribution in [0.3, 0.4) is 0 Å². The lowest BCUT2D eigenvalue weighted by atomic mass is 9.86. The Labute approximate surface area is 249 Å². The van der Waals surface area contributed by atoms with Crippen LogP contribution in [-0.2, 0) is 22.6 Å². The highest BCUT2D eigenvalue weighted by molar-refractivity contribution is 7.85. The lowest BCUT2D eigenvalue weighted by Crippen LogP contribution is -2.21. The second kappa shape index (κ2) is 11.3. The van der Waals surface area contributed by atoms with Crippen molar-refractivity contribution in [3.63, 3.8) is 0 Å². The Morgan fingerprint density at radius 1 is 0.907 bits per heavy atom. The zero-order valence-electron chi connectivity index (χ0n) is 24.1. The molecule has 216 valence electrons. The van der Waals surface area contributed by atoms with E-state index in [1.165, 1.54) is 12.1 Å². The van der Waals surface area contributed by atoms with Crippen molar-refractivity contribution in [2.45, 2.75) is 31.1 Å². The standard InChI is InChI=1S/C26H21N5O.C7H8O3S/c1-26(2,16-27)19-5-7-20(8-6-19)31-24-21-14-18(17-10-12-28-13-11-17)4-9-22(21)29-15-23(24)30(3)25(31)32;1-6-2-4-7(5-3-6)11(8,9)10/h4-15H,1-3H3;2-5H,1H3,(H,8,9,10). The maximum atomic E-state index is 13.3. The molecule has 0 spiro atoms. The summed E-state index contributed by atoms with van der Waals surface area (Å²) in [6, 6.07) is 25.9. The van der Waals surface area contributed by atoms with E-state index >= 15 is 0 Å². The van der Waals surface area contributed by atoms with Crippen molar-refractivity contribution in [2.24, 2.45) is 7.05 Å². The minimum atomic E-state index is -4.02. The highest BCUT2D eigenvalue weighted by Crippen LogP contribution is 2.30. The van der Waals surface area contributed by atoms with Crippen LogP contribution >= 0.6 is 0 Å². The molecule has 0 atom stereocenters. The second-order valence-electron chi connectivity index (χ2n) is 10.7. The summed E-state index contributed by atoms with van der Waals surface area (Å²) in [5.74, 6) is 0. The summed E-state index contributed by atoms with van der Waals surface area (Å²) >= 11 is 0. The van der Waals surface area contributed by atoms with Crippen molar-refractivity contribution in [3.8, 4) is 22.9 Å². The summed E-state index contributed by atoms with van der Waals surface area (Å²) in [4.78, 5) is 21.9. The number of benzene rings is 3. The molecule has 0 saturated carbocycles. The average Bonchev–Trinajstić information content (AvgIpc) is 3.27. The predicted octanol–water partition coefficient (Wildman–Crippen LogP) is 5.98. The van der Waals surface area contributed by atoms with E-state index in [0.29, 0.717) is 0 Å². The van der Waals surface area contributed by atoms with E-state index in [0.717, 1.165) is 49.9 Å². The van der Waals surface area contributed by atoms with Gasteiger partial charge in [-0.05, 0) is 86.0 Å². The third-order valence-corrected chi connectivity index (χ3v) is 8.21. The first-order valence-corrected chi connectivity index (χ1v) is 14.8. The third kappa shape index (κ3) is 5.81. The van der Waals surface area contributed by atoms with E-state index in [9.17, 15) is 18.5 Å². The van der Waals surface area contributed by atoms with Gasteiger partial charge in [0.25, 0.3) is 10.1 Å². The minimum Gasteiger partial charge on any atom is -0.293 e. The first kappa shape index (κ1) is 29.4. The van der Waals surface area contributed by atoms with Crippen molar-refractivity contribution >= 4 is 32.1 Å². The van der Waals surface area contributed by atoms with E-state index in [-0.39, 0.29) is 10.6 Å². The molecule has 10 heteroatoms. The lowest BCUT2D eigenvalue weighted by Gasteiger charge is -2.16. The second-order valence-corrected chi connectivity index (χ2v) is 12.1. The molecule has 6 aromatic rings. The smallest absolute Gasteiger partial charge is 0.293 e. The van der Waals surface area contributed by atoms with Crippen molar-refractivity contribution < 1.29 is 13.0 Å². The molecular formula is C33H29N5O4S. The Morgan fingerprint density at radius 3 is 2.16 bits per heavy atom. The summed E-state index contributed by atoms with van der Waals surface area (Å²) in [7, 11) is -2.26. The highest BCUT2D eigenvalue weighted by Gasteiger charge is 2.21. The molecular weight excluding hydrogens is 562 g/mol. The number of imidazole rings is 1. The molecule has 43 heavy (non-hydrogen) atoms. The number of aromatic nitrogens is 4. The summed E-state index contributed by atoms with van der Waals surface area (Å²) < 4.78 is 32.9. The van der Waals surface area contributed by atoms with Crippen LogP contribution < -0.4 is 5.69 Å². The number of nitrogens with zero attached hydrogens (tertiary/aromatic N) is 5. The van der Waals surface area contributed by atoms with Crippen molar-refractivity contribution in [1.29, 1.82) is 5.26 Å². The van der Waals surface area contributed by atoms with Gasteiger partial charge in [-0.1, -0.05) is 35.9 Å². The van der Waals surface area contributed by atoms with Crippen molar-refractivity contribution in [1.82, 2.24) is 19.1 Å². The Morgan fingerprint density at radius 2 is 1.56 bits per heavy atom.